The van der Waals surface area contributed by atoms with Gasteiger partial charge in [-0.1, -0.05) is 18.2 Å². The quantitative estimate of drug-likeness (QED) is 0.722. The van der Waals surface area contributed by atoms with Gasteiger partial charge >= 0.3 is 6.18 Å². The Balaban J connectivity index is 1.99. The molecular formula is C19H18F3N3O2. The third-order valence-electron chi connectivity index (χ3n) is 4.12. The van der Waals surface area contributed by atoms with E-state index in [1.165, 1.54) is 18.2 Å². The number of furan rings is 1. The normalized spacial score (nSPS) is 16.2. The molecular weight excluding hydrogens is 359 g/mol. The minimum absolute atomic E-state index is 0.159. The Morgan fingerprint density at radius 1 is 1.11 bits per heavy atom. The summed E-state index contributed by atoms with van der Waals surface area (Å²) in [5, 5.41) is 4.27. The van der Waals surface area contributed by atoms with E-state index in [1.54, 1.807) is 24.3 Å². The molecule has 1 aromatic heterocycles. The molecule has 2 heterocycles. The lowest BCUT2D eigenvalue weighted by Gasteiger charge is -2.16. The fourth-order valence-corrected chi connectivity index (χ4v) is 2.77. The number of carbonyl (C=O) groups is 1. The van der Waals surface area contributed by atoms with Gasteiger partial charge in [-0.15, -0.1) is 0 Å². The lowest BCUT2D eigenvalue weighted by Crippen LogP contribution is -2.25. The Morgan fingerprint density at radius 2 is 1.78 bits per heavy atom. The Hall–Kier alpha value is -3.03. The average molecular weight is 377 g/mol. The number of halogens is 3. The molecule has 0 atom stereocenters. The number of nitrogens with zero attached hydrogens (tertiary/aromatic N) is 3. The zero-order valence-electron chi connectivity index (χ0n) is 14.8. The largest absolute Gasteiger partial charge is 0.441 e. The summed E-state index contributed by atoms with van der Waals surface area (Å²) in [5.74, 6) is -0.163. The van der Waals surface area contributed by atoms with E-state index in [2.05, 4.69) is 5.10 Å². The third kappa shape index (κ3) is 3.74. The van der Waals surface area contributed by atoms with Gasteiger partial charge in [0.05, 0.1) is 11.3 Å². The molecule has 1 aromatic carbocycles. The number of anilines is 2. The van der Waals surface area contributed by atoms with Crippen LogP contribution in [0.1, 0.15) is 19.6 Å². The number of amides is 1. The van der Waals surface area contributed by atoms with Gasteiger partial charge in [0.25, 0.3) is 5.91 Å². The second-order valence-electron chi connectivity index (χ2n) is 5.81. The molecule has 0 radical (unpaired) electrons. The van der Waals surface area contributed by atoms with E-state index < -0.39 is 23.4 Å². The fourth-order valence-electron chi connectivity index (χ4n) is 2.77. The number of hydrogen-bond donors (Lipinski definition) is 0. The van der Waals surface area contributed by atoms with Crippen LogP contribution in [0.3, 0.4) is 0 Å². The molecule has 0 unspecified atom stereocenters. The molecule has 0 bridgehead atoms. The lowest BCUT2D eigenvalue weighted by molar-refractivity contribution is -0.114. The molecule has 8 heteroatoms. The summed E-state index contributed by atoms with van der Waals surface area (Å²) in [6.45, 7) is 5.26. The number of alkyl halides is 3. The summed E-state index contributed by atoms with van der Waals surface area (Å²) in [5.41, 5.74) is -1.53. The van der Waals surface area contributed by atoms with E-state index in [0.29, 0.717) is 19.0 Å². The first kappa shape index (κ1) is 18.8. The molecule has 0 aliphatic carbocycles. The van der Waals surface area contributed by atoms with Gasteiger partial charge in [0.2, 0.25) is 0 Å². The molecule has 1 aliphatic heterocycles. The van der Waals surface area contributed by atoms with Gasteiger partial charge in [-0.05, 0) is 38.1 Å². The number of rotatable bonds is 5. The van der Waals surface area contributed by atoms with Gasteiger partial charge in [0.15, 0.2) is 11.6 Å². The molecule has 5 nitrogen and oxygen atoms in total. The molecule has 0 N–H and O–H groups in total. The first-order valence-corrected chi connectivity index (χ1v) is 8.47. The van der Waals surface area contributed by atoms with Crippen molar-refractivity contribution in [1.29, 1.82) is 0 Å². The Morgan fingerprint density at radius 3 is 2.37 bits per heavy atom. The van der Waals surface area contributed by atoms with Crippen molar-refractivity contribution in [1.82, 2.24) is 0 Å². The summed E-state index contributed by atoms with van der Waals surface area (Å²) in [6, 6.07) is 11.2. The third-order valence-corrected chi connectivity index (χ3v) is 4.12. The first-order chi connectivity index (χ1) is 12.8. The molecule has 0 saturated carbocycles. The molecule has 2 aromatic rings. The highest BCUT2D eigenvalue weighted by Crippen LogP contribution is 2.33. The summed E-state index contributed by atoms with van der Waals surface area (Å²) >= 11 is 0. The molecule has 0 saturated heterocycles. The lowest BCUT2D eigenvalue weighted by atomic mass is 10.1. The zero-order valence-corrected chi connectivity index (χ0v) is 14.8. The van der Waals surface area contributed by atoms with Crippen molar-refractivity contribution in [3.05, 3.63) is 53.8 Å². The van der Waals surface area contributed by atoms with Gasteiger partial charge in [0, 0.05) is 19.2 Å². The fraction of sp³-hybridized carbons (Fsp3) is 0.263. The van der Waals surface area contributed by atoms with Crippen LogP contribution in [0.25, 0.3) is 6.08 Å². The smallest absolute Gasteiger partial charge is 0.435 e. The average Bonchev–Trinajstić information content (AvgIpc) is 3.22. The summed E-state index contributed by atoms with van der Waals surface area (Å²) in [6.07, 6.45) is -3.68. The van der Waals surface area contributed by atoms with E-state index in [1.807, 2.05) is 18.7 Å². The molecule has 27 heavy (non-hydrogen) atoms. The number of hydrazone groups is 1. The highest BCUT2D eigenvalue weighted by atomic mass is 19.4. The molecule has 0 spiro atoms. The van der Waals surface area contributed by atoms with Gasteiger partial charge in [-0.3, -0.25) is 4.79 Å². The zero-order chi connectivity index (χ0) is 19.6. The summed E-state index contributed by atoms with van der Waals surface area (Å²) < 4.78 is 45.9. The number of para-hydroxylation sites is 1. The standard InChI is InChI=1S/C19H18F3N3O2/c1-3-24(4-2)16-11-10-14(27-16)12-15-17(19(20,21)22)23-25(18(15)26)13-8-6-5-7-9-13/h5-12H,3-4H2,1-2H3. The summed E-state index contributed by atoms with van der Waals surface area (Å²) in [4.78, 5) is 14.5. The predicted molar refractivity (Wildman–Crippen MR) is 97.7 cm³/mol. The maximum atomic E-state index is 13.4. The summed E-state index contributed by atoms with van der Waals surface area (Å²) in [7, 11) is 0. The van der Waals surface area contributed by atoms with Gasteiger partial charge in [0.1, 0.15) is 5.76 Å². The molecule has 3 rings (SSSR count). The van der Waals surface area contributed by atoms with Crippen LogP contribution in [0, 0.1) is 0 Å². The van der Waals surface area contributed by atoms with Gasteiger partial charge in [-0.2, -0.15) is 23.3 Å². The van der Waals surface area contributed by atoms with Crippen LogP contribution in [-0.4, -0.2) is 30.9 Å². The first-order valence-electron chi connectivity index (χ1n) is 8.47. The maximum absolute atomic E-state index is 13.4. The van der Waals surface area contributed by atoms with Crippen LogP contribution in [-0.2, 0) is 4.79 Å². The van der Waals surface area contributed by atoms with Crippen LogP contribution >= 0.6 is 0 Å². The van der Waals surface area contributed by atoms with Crippen molar-refractivity contribution >= 4 is 29.3 Å². The van der Waals surface area contributed by atoms with Crippen molar-refractivity contribution in [2.45, 2.75) is 20.0 Å². The van der Waals surface area contributed by atoms with Crippen LogP contribution in [0.5, 0.6) is 0 Å². The molecule has 0 fully saturated rings. The Kier molecular flexibility index (Phi) is 5.07. The van der Waals surface area contributed by atoms with Crippen molar-refractivity contribution in [2.24, 2.45) is 5.10 Å². The molecule has 1 aliphatic rings. The Bertz CT molecular complexity index is 881. The van der Waals surface area contributed by atoms with E-state index in [-0.39, 0.29) is 11.4 Å². The van der Waals surface area contributed by atoms with E-state index >= 15 is 0 Å². The highest BCUT2D eigenvalue weighted by Gasteiger charge is 2.47. The van der Waals surface area contributed by atoms with Gasteiger partial charge in [-0.25, -0.2) is 0 Å². The monoisotopic (exact) mass is 377 g/mol. The molecule has 142 valence electrons. The predicted octanol–water partition coefficient (Wildman–Crippen LogP) is 4.47. The highest BCUT2D eigenvalue weighted by molar-refractivity contribution is 6.34. The maximum Gasteiger partial charge on any atom is 0.435 e. The topological polar surface area (TPSA) is 49.1 Å². The Labute approximate surface area is 154 Å². The van der Waals surface area contributed by atoms with Crippen molar-refractivity contribution in [3.63, 3.8) is 0 Å². The van der Waals surface area contributed by atoms with E-state index in [4.69, 9.17) is 4.42 Å². The van der Waals surface area contributed by atoms with Crippen molar-refractivity contribution < 1.29 is 22.4 Å². The SMILES string of the molecule is CCN(CC)c1ccc(C=C2C(=O)N(c3ccccc3)N=C2C(F)(F)F)o1. The van der Waals surface area contributed by atoms with Crippen LogP contribution in [0.15, 0.2) is 57.6 Å². The van der Waals surface area contributed by atoms with Gasteiger partial charge < -0.3 is 9.32 Å². The number of benzene rings is 1. The van der Waals surface area contributed by atoms with Crippen LogP contribution in [0.2, 0.25) is 0 Å². The van der Waals surface area contributed by atoms with Crippen LogP contribution in [0.4, 0.5) is 24.7 Å². The van der Waals surface area contributed by atoms with E-state index in [9.17, 15) is 18.0 Å². The second kappa shape index (κ2) is 7.30. The molecule has 1 amide bonds. The number of hydrogen-bond acceptors (Lipinski definition) is 4. The van der Waals surface area contributed by atoms with E-state index in [0.717, 1.165) is 11.1 Å². The number of carbonyl (C=O) groups excluding carboxylic acids is 1. The van der Waals surface area contributed by atoms with Crippen molar-refractivity contribution in [3.8, 4) is 0 Å². The second-order valence-corrected chi connectivity index (χ2v) is 5.81. The minimum atomic E-state index is -4.76. The van der Waals surface area contributed by atoms with Crippen molar-refractivity contribution in [2.75, 3.05) is 23.0 Å². The minimum Gasteiger partial charge on any atom is -0.441 e. The van der Waals surface area contributed by atoms with Crippen LogP contribution < -0.4 is 9.91 Å².